The molecular formula is C29H27ClFN5O3S. The third-order valence-corrected chi connectivity index (χ3v) is 8.76. The Hall–Kier alpha value is -3.47. The number of nitrogens with zero attached hydrogens (tertiary/aromatic N) is 4. The summed E-state index contributed by atoms with van der Waals surface area (Å²) in [5.41, 5.74) is 1.14. The molecule has 8 nitrogen and oxygen atoms in total. The topological polar surface area (TPSA) is 89.4 Å². The summed E-state index contributed by atoms with van der Waals surface area (Å²) in [5, 5.41) is 3.43. The summed E-state index contributed by atoms with van der Waals surface area (Å²) in [7, 11) is 2.08. The summed E-state index contributed by atoms with van der Waals surface area (Å²) < 4.78 is 23.5. The maximum atomic E-state index is 15.6. The number of carbonyl (C=O) groups excluding carboxylic acids is 1. The van der Waals surface area contributed by atoms with Crippen LogP contribution in [0.15, 0.2) is 58.7 Å². The second-order valence-electron chi connectivity index (χ2n) is 9.99. The highest BCUT2D eigenvalue weighted by Gasteiger charge is 2.29. The Bertz CT molecular complexity index is 1670. The molecule has 1 amide bonds. The zero-order valence-corrected chi connectivity index (χ0v) is 23.4. The van der Waals surface area contributed by atoms with E-state index in [2.05, 4.69) is 27.2 Å². The first-order valence-electron chi connectivity index (χ1n) is 13.2. The number of fused-ring (bicyclic) bond motifs is 2. The molecule has 6 rings (SSSR count). The molecule has 1 N–H and O–H groups in total. The van der Waals surface area contributed by atoms with Gasteiger partial charge in [-0.2, -0.15) is 0 Å². The van der Waals surface area contributed by atoms with Crippen molar-refractivity contribution in [1.82, 2.24) is 24.8 Å². The molecule has 0 radical (unpaired) electrons. The summed E-state index contributed by atoms with van der Waals surface area (Å²) in [6.07, 6.45) is 10.0. The first-order valence-corrected chi connectivity index (χ1v) is 14.5. The Labute approximate surface area is 239 Å². The lowest BCUT2D eigenvalue weighted by atomic mass is 10.1. The Kier molecular flexibility index (Phi) is 7.48. The third kappa shape index (κ3) is 5.07. The van der Waals surface area contributed by atoms with Gasteiger partial charge >= 0.3 is 0 Å². The fourth-order valence-corrected chi connectivity index (χ4v) is 6.52. The van der Waals surface area contributed by atoms with Gasteiger partial charge in [-0.3, -0.25) is 19.6 Å². The minimum absolute atomic E-state index is 0.0616. The number of hydrogen-bond acceptors (Lipinski definition) is 7. The van der Waals surface area contributed by atoms with Crippen LogP contribution < -0.4 is 15.5 Å². The van der Waals surface area contributed by atoms with Gasteiger partial charge in [0.1, 0.15) is 16.9 Å². The Morgan fingerprint density at radius 1 is 1.30 bits per heavy atom. The average Bonchev–Trinajstić information content (AvgIpc) is 3.36. The smallest absolute Gasteiger partial charge is 0.256 e. The number of ether oxygens (including phenoxy) is 1. The first-order chi connectivity index (χ1) is 19.4. The molecule has 4 heterocycles. The van der Waals surface area contributed by atoms with Crippen molar-refractivity contribution >= 4 is 40.2 Å². The van der Waals surface area contributed by atoms with Gasteiger partial charge in [-0.1, -0.05) is 11.6 Å². The highest BCUT2D eigenvalue weighted by atomic mass is 35.5. The molecule has 206 valence electrons. The van der Waals surface area contributed by atoms with Gasteiger partial charge in [-0.15, -0.1) is 11.8 Å². The lowest BCUT2D eigenvalue weighted by Crippen LogP contribution is -2.34. The third-order valence-electron chi connectivity index (χ3n) is 7.45. The summed E-state index contributed by atoms with van der Waals surface area (Å²) in [6.45, 7) is 1.49. The van der Waals surface area contributed by atoms with Crippen LogP contribution in [0.4, 0.5) is 4.39 Å². The summed E-state index contributed by atoms with van der Waals surface area (Å²) in [5.74, 6) is 0.123. The van der Waals surface area contributed by atoms with Crippen molar-refractivity contribution in [1.29, 1.82) is 0 Å². The highest BCUT2D eigenvalue weighted by Crippen LogP contribution is 2.46. The van der Waals surface area contributed by atoms with Gasteiger partial charge in [0.05, 0.1) is 21.7 Å². The fraction of sp³-hybridized carbons (Fsp3) is 0.310. The van der Waals surface area contributed by atoms with Crippen LogP contribution in [0.5, 0.6) is 11.5 Å². The molecule has 1 saturated heterocycles. The van der Waals surface area contributed by atoms with Crippen molar-refractivity contribution in [3.05, 3.63) is 81.4 Å². The van der Waals surface area contributed by atoms with E-state index in [-0.39, 0.29) is 21.6 Å². The molecule has 2 aromatic carbocycles. The number of amides is 1. The number of aryl methyl sites for hydroxylation is 1. The van der Waals surface area contributed by atoms with Gasteiger partial charge in [0, 0.05) is 54.6 Å². The van der Waals surface area contributed by atoms with Crippen LogP contribution in [-0.4, -0.2) is 57.3 Å². The van der Waals surface area contributed by atoms with E-state index in [1.165, 1.54) is 24.0 Å². The summed E-state index contributed by atoms with van der Waals surface area (Å²) >= 11 is 7.58. The first kappa shape index (κ1) is 26.7. The van der Waals surface area contributed by atoms with Crippen LogP contribution in [0.3, 0.4) is 0 Å². The van der Waals surface area contributed by atoms with Gasteiger partial charge in [0.15, 0.2) is 11.5 Å². The predicted molar refractivity (Wildman–Crippen MR) is 154 cm³/mol. The second kappa shape index (κ2) is 11.2. The molecule has 2 aliphatic heterocycles. The number of benzene rings is 2. The molecule has 1 atom stereocenters. The van der Waals surface area contributed by atoms with Gasteiger partial charge in [0.25, 0.3) is 5.91 Å². The van der Waals surface area contributed by atoms with Gasteiger partial charge < -0.3 is 19.5 Å². The van der Waals surface area contributed by atoms with E-state index >= 15 is 4.39 Å². The molecule has 40 heavy (non-hydrogen) atoms. The van der Waals surface area contributed by atoms with E-state index in [1.54, 1.807) is 41.4 Å². The number of carbonyl (C=O) groups is 1. The Morgan fingerprint density at radius 3 is 2.95 bits per heavy atom. The average molecular weight is 580 g/mol. The van der Waals surface area contributed by atoms with E-state index in [0.717, 1.165) is 31.5 Å². The van der Waals surface area contributed by atoms with Crippen molar-refractivity contribution in [2.75, 3.05) is 25.9 Å². The SMILES string of the molecule is CN1CCCC1CCNC(=O)c1cn2c3c(c(SCCc4cnccn4)c(F)cc3c1=O)Oc1ccc(Cl)cc1-2. The molecule has 2 aliphatic rings. The lowest BCUT2D eigenvalue weighted by Gasteiger charge is -2.26. The molecule has 2 aromatic heterocycles. The van der Waals surface area contributed by atoms with Crippen LogP contribution in [-0.2, 0) is 6.42 Å². The quantitative estimate of drug-likeness (QED) is 0.252. The molecule has 0 saturated carbocycles. The number of halogens is 2. The number of pyridine rings is 1. The molecule has 0 bridgehead atoms. The number of nitrogens with one attached hydrogen (secondary N) is 1. The van der Waals surface area contributed by atoms with Crippen LogP contribution in [0.25, 0.3) is 16.6 Å². The largest absolute Gasteiger partial charge is 0.452 e. The second-order valence-corrected chi connectivity index (χ2v) is 11.5. The van der Waals surface area contributed by atoms with E-state index in [0.29, 0.717) is 46.7 Å². The van der Waals surface area contributed by atoms with Crippen LogP contribution in [0.1, 0.15) is 35.3 Å². The molecule has 11 heteroatoms. The predicted octanol–water partition coefficient (Wildman–Crippen LogP) is 5.23. The zero-order chi connectivity index (χ0) is 27.8. The standard InChI is InChI=1S/C29H27ClFN5O3S/c1-35-11-2-3-19(35)6-8-34-29(38)21-16-36-23-13-17(30)4-5-24(23)39-27-25(36)20(26(21)37)14-22(31)28(27)40-12-7-18-15-32-9-10-33-18/h4-5,9-10,13-16,19H,2-3,6-8,11-12H2,1H3,(H,34,38). The van der Waals surface area contributed by atoms with Crippen molar-refractivity contribution in [3.63, 3.8) is 0 Å². The Morgan fingerprint density at radius 2 is 2.17 bits per heavy atom. The van der Waals surface area contributed by atoms with Crippen molar-refractivity contribution < 1.29 is 13.9 Å². The molecule has 4 aromatic rings. The van der Waals surface area contributed by atoms with Crippen molar-refractivity contribution in [2.24, 2.45) is 0 Å². The molecule has 0 aliphatic carbocycles. The van der Waals surface area contributed by atoms with Gasteiger partial charge in [0.2, 0.25) is 5.43 Å². The number of likely N-dealkylation sites (tertiary alicyclic amines) is 1. The monoisotopic (exact) mass is 579 g/mol. The summed E-state index contributed by atoms with van der Waals surface area (Å²) in [6, 6.07) is 6.68. The van der Waals surface area contributed by atoms with E-state index in [9.17, 15) is 9.59 Å². The van der Waals surface area contributed by atoms with Crippen LogP contribution >= 0.6 is 23.4 Å². The van der Waals surface area contributed by atoms with Crippen LogP contribution in [0.2, 0.25) is 5.02 Å². The normalized spacial score (nSPS) is 16.1. The van der Waals surface area contributed by atoms with Crippen molar-refractivity contribution in [3.8, 4) is 17.2 Å². The lowest BCUT2D eigenvalue weighted by molar-refractivity contribution is 0.0949. The number of thioether (sulfide) groups is 1. The summed E-state index contributed by atoms with van der Waals surface area (Å²) in [4.78, 5) is 37.7. The van der Waals surface area contributed by atoms with E-state index in [1.807, 2.05) is 0 Å². The fourth-order valence-electron chi connectivity index (χ4n) is 5.37. The van der Waals surface area contributed by atoms with E-state index < -0.39 is 17.2 Å². The molecule has 1 unspecified atom stereocenters. The maximum Gasteiger partial charge on any atom is 0.256 e. The maximum absolute atomic E-state index is 15.6. The van der Waals surface area contributed by atoms with Gasteiger partial charge in [-0.05, 0) is 57.1 Å². The molecule has 0 spiro atoms. The minimum Gasteiger partial charge on any atom is -0.452 e. The number of hydrogen-bond donors (Lipinski definition) is 1. The number of aromatic nitrogens is 3. The van der Waals surface area contributed by atoms with Crippen molar-refractivity contribution in [2.45, 2.75) is 36.6 Å². The highest BCUT2D eigenvalue weighted by molar-refractivity contribution is 7.99. The van der Waals surface area contributed by atoms with Crippen LogP contribution in [0, 0.1) is 5.82 Å². The van der Waals surface area contributed by atoms with Gasteiger partial charge in [-0.25, -0.2) is 4.39 Å². The Balaban J connectivity index is 1.37. The minimum atomic E-state index is -0.588. The zero-order valence-electron chi connectivity index (χ0n) is 21.8. The molecule has 1 fully saturated rings. The van der Waals surface area contributed by atoms with E-state index in [4.69, 9.17) is 16.3 Å². The number of rotatable bonds is 8. The molecular weight excluding hydrogens is 553 g/mol.